The van der Waals surface area contributed by atoms with Gasteiger partial charge in [-0.05, 0) is 88.5 Å². The third kappa shape index (κ3) is 3.98. The van der Waals surface area contributed by atoms with E-state index in [-0.39, 0.29) is 5.41 Å². The van der Waals surface area contributed by atoms with Crippen LogP contribution in [0.15, 0.2) is 156 Å². The first-order valence-corrected chi connectivity index (χ1v) is 17.3. The Kier molecular flexibility index (Phi) is 5.82. The maximum atomic E-state index is 6.30. The predicted octanol–water partition coefficient (Wildman–Crippen LogP) is 13.4. The monoisotopic (exact) mass is 633 g/mol. The van der Waals surface area contributed by atoms with Crippen LogP contribution >= 0.6 is 11.3 Å². The zero-order chi connectivity index (χ0) is 32.0. The summed E-state index contributed by atoms with van der Waals surface area (Å²) in [5.74, 6) is 0. The van der Waals surface area contributed by atoms with Gasteiger partial charge in [-0.3, -0.25) is 0 Å². The Morgan fingerprint density at radius 2 is 1.17 bits per heavy atom. The van der Waals surface area contributed by atoms with E-state index in [1.54, 1.807) is 0 Å². The number of para-hydroxylation sites is 1. The minimum atomic E-state index is -0.157. The molecule has 228 valence electrons. The topological polar surface area (TPSA) is 16.4 Å². The van der Waals surface area contributed by atoms with Crippen molar-refractivity contribution >= 4 is 70.5 Å². The molecule has 2 aromatic heterocycles. The Morgan fingerprint density at radius 3 is 2.04 bits per heavy atom. The van der Waals surface area contributed by atoms with Crippen molar-refractivity contribution in [3.05, 3.63) is 163 Å². The van der Waals surface area contributed by atoms with E-state index in [2.05, 4.69) is 164 Å². The van der Waals surface area contributed by atoms with Crippen LogP contribution in [0, 0.1) is 0 Å². The first kappa shape index (κ1) is 27.5. The second kappa shape index (κ2) is 10.2. The molecule has 2 nitrogen and oxygen atoms in total. The SMILES string of the molecule is CC1(C)c2ccccc2-c2c(N(c3ccc4oc5ccccc5c4c3)c3ccc4sc5ccccc5c4c3)cc(-c3ccccc3)cc21. The highest BCUT2D eigenvalue weighted by atomic mass is 32.1. The molecule has 0 bridgehead atoms. The van der Waals surface area contributed by atoms with Gasteiger partial charge in [-0.2, -0.15) is 0 Å². The fourth-order valence-corrected chi connectivity index (χ4v) is 8.99. The van der Waals surface area contributed by atoms with Gasteiger partial charge >= 0.3 is 0 Å². The number of fused-ring (bicyclic) bond motifs is 9. The summed E-state index contributed by atoms with van der Waals surface area (Å²) in [5, 5.41) is 4.82. The molecule has 3 heteroatoms. The van der Waals surface area contributed by atoms with Crippen LogP contribution in [0.3, 0.4) is 0 Å². The lowest BCUT2D eigenvalue weighted by Crippen LogP contribution is -2.16. The molecule has 0 spiro atoms. The van der Waals surface area contributed by atoms with Crippen molar-refractivity contribution in [2.75, 3.05) is 4.90 Å². The Morgan fingerprint density at radius 1 is 0.500 bits per heavy atom. The van der Waals surface area contributed by atoms with Gasteiger partial charge in [-0.25, -0.2) is 0 Å². The quantitative estimate of drug-likeness (QED) is 0.192. The van der Waals surface area contributed by atoms with Crippen molar-refractivity contribution in [3.63, 3.8) is 0 Å². The zero-order valence-corrected chi connectivity index (χ0v) is 27.5. The van der Waals surface area contributed by atoms with E-state index in [4.69, 9.17) is 4.42 Å². The molecule has 1 aliphatic carbocycles. The van der Waals surface area contributed by atoms with Crippen LogP contribution < -0.4 is 4.90 Å². The molecule has 0 aliphatic heterocycles. The number of anilines is 3. The summed E-state index contributed by atoms with van der Waals surface area (Å²) in [6.45, 7) is 4.74. The molecule has 48 heavy (non-hydrogen) atoms. The van der Waals surface area contributed by atoms with E-state index in [1.165, 1.54) is 59.2 Å². The van der Waals surface area contributed by atoms with Crippen LogP contribution in [0.2, 0.25) is 0 Å². The van der Waals surface area contributed by atoms with E-state index in [0.717, 1.165) is 33.3 Å². The van der Waals surface area contributed by atoms with Crippen molar-refractivity contribution in [3.8, 4) is 22.3 Å². The molecule has 9 aromatic rings. The summed E-state index contributed by atoms with van der Waals surface area (Å²) in [4.78, 5) is 2.48. The fraction of sp³-hybridized carbons (Fsp3) is 0.0667. The van der Waals surface area contributed by atoms with Gasteiger partial charge in [0, 0.05) is 53.3 Å². The van der Waals surface area contributed by atoms with Crippen molar-refractivity contribution in [2.24, 2.45) is 0 Å². The van der Waals surface area contributed by atoms with Crippen molar-refractivity contribution in [1.82, 2.24) is 0 Å². The van der Waals surface area contributed by atoms with E-state index in [0.29, 0.717) is 0 Å². The van der Waals surface area contributed by atoms with E-state index >= 15 is 0 Å². The van der Waals surface area contributed by atoms with Gasteiger partial charge in [0.05, 0.1) is 5.69 Å². The minimum Gasteiger partial charge on any atom is -0.456 e. The molecule has 0 amide bonds. The molecule has 1 aliphatic rings. The lowest BCUT2D eigenvalue weighted by atomic mass is 9.81. The third-order valence-electron chi connectivity index (χ3n) is 10.2. The predicted molar refractivity (Wildman–Crippen MR) is 204 cm³/mol. The Labute approximate surface area is 283 Å². The van der Waals surface area contributed by atoms with E-state index < -0.39 is 0 Å². The minimum absolute atomic E-state index is 0.157. The molecular weight excluding hydrogens is 603 g/mol. The number of hydrogen-bond acceptors (Lipinski definition) is 3. The molecule has 0 N–H and O–H groups in total. The maximum absolute atomic E-state index is 6.30. The van der Waals surface area contributed by atoms with Crippen LogP contribution in [-0.4, -0.2) is 0 Å². The molecule has 0 fully saturated rings. The molecule has 0 saturated carbocycles. The summed E-state index contributed by atoms with van der Waals surface area (Å²) >= 11 is 1.86. The molecule has 2 heterocycles. The Balaban J connectivity index is 1.32. The second-order valence-electron chi connectivity index (χ2n) is 13.3. The first-order chi connectivity index (χ1) is 23.5. The zero-order valence-electron chi connectivity index (χ0n) is 26.7. The first-order valence-electron chi connectivity index (χ1n) is 16.5. The normalized spacial score (nSPS) is 13.4. The lowest BCUT2D eigenvalue weighted by Gasteiger charge is -2.30. The summed E-state index contributed by atoms with van der Waals surface area (Å²) < 4.78 is 8.91. The summed E-state index contributed by atoms with van der Waals surface area (Å²) in [6.07, 6.45) is 0. The van der Waals surface area contributed by atoms with Gasteiger partial charge in [-0.15, -0.1) is 11.3 Å². The third-order valence-corrected chi connectivity index (χ3v) is 11.4. The number of hydrogen-bond donors (Lipinski definition) is 0. The van der Waals surface area contributed by atoms with Gasteiger partial charge in [0.2, 0.25) is 0 Å². The number of thiophene rings is 1. The molecular formula is C45H31NOS. The average molecular weight is 634 g/mol. The largest absolute Gasteiger partial charge is 0.456 e. The van der Waals surface area contributed by atoms with Crippen molar-refractivity contribution < 1.29 is 4.42 Å². The maximum Gasteiger partial charge on any atom is 0.135 e. The highest BCUT2D eigenvalue weighted by Gasteiger charge is 2.38. The molecule has 0 radical (unpaired) electrons. The van der Waals surface area contributed by atoms with Crippen LogP contribution in [0.5, 0.6) is 0 Å². The van der Waals surface area contributed by atoms with Gasteiger partial charge in [-0.1, -0.05) is 105 Å². The Bertz CT molecular complexity index is 2600. The smallest absolute Gasteiger partial charge is 0.135 e. The van der Waals surface area contributed by atoms with Crippen LogP contribution in [0.25, 0.3) is 64.4 Å². The average Bonchev–Trinajstić information content (AvgIpc) is 3.76. The summed E-state index contributed by atoms with van der Waals surface area (Å²) in [5.41, 5.74) is 12.8. The van der Waals surface area contributed by atoms with Crippen LogP contribution in [0.1, 0.15) is 25.0 Å². The molecule has 0 saturated heterocycles. The van der Waals surface area contributed by atoms with Crippen LogP contribution in [-0.2, 0) is 5.41 Å². The number of furan rings is 1. The van der Waals surface area contributed by atoms with E-state index in [9.17, 15) is 0 Å². The van der Waals surface area contributed by atoms with Gasteiger partial charge < -0.3 is 9.32 Å². The fourth-order valence-electron chi connectivity index (χ4n) is 7.90. The van der Waals surface area contributed by atoms with Gasteiger partial charge in [0.15, 0.2) is 0 Å². The molecule has 10 rings (SSSR count). The summed E-state index contributed by atoms with van der Waals surface area (Å²) in [6, 6.07) is 55.3. The van der Waals surface area contributed by atoms with Gasteiger partial charge in [0.25, 0.3) is 0 Å². The number of nitrogens with zero attached hydrogens (tertiary/aromatic N) is 1. The highest BCUT2D eigenvalue weighted by Crippen LogP contribution is 2.56. The standard InChI is InChI=1S/C45H31NOS/c1-45(2)37-17-9-6-16-34(37)44-38(45)24-29(28-12-4-3-5-13-28)25-39(44)46(30-20-22-41-35(26-30)32-14-7-10-18-40(32)47-41)31-21-23-43-36(27-31)33-15-8-11-19-42(33)48-43/h3-27H,1-2H3. The highest BCUT2D eigenvalue weighted by molar-refractivity contribution is 7.25. The Hall–Kier alpha value is -5.64. The summed E-state index contributed by atoms with van der Waals surface area (Å²) in [7, 11) is 0. The van der Waals surface area contributed by atoms with Crippen molar-refractivity contribution in [1.29, 1.82) is 0 Å². The number of benzene rings is 7. The molecule has 0 unspecified atom stereocenters. The van der Waals surface area contributed by atoms with E-state index in [1.807, 2.05) is 17.4 Å². The van der Waals surface area contributed by atoms with Crippen molar-refractivity contribution in [2.45, 2.75) is 19.3 Å². The lowest BCUT2D eigenvalue weighted by molar-refractivity contribution is 0.660. The second-order valence-corrected chi connectivity index (χ2v) is 14.4. The van der Waals surface area contributed by atoms with Crippen LogP contribution in [0.4, 0.5) is 17.1 Å². The van der Waals surface area contributed by atoms with Gasteiger partial charge in [0.1, 0.15) is 11.2 Å². The molecule has 0 atom stereocenters. The molecule has 7 aromatic carbocycles. The number of rotatable bonds is 4.